The van der Waals surface area contributed by atoms with Crippen LogP contribution in [0.4, 0.5) is 5.69 Å². The van der Waals surface area contributed by atoms with Crippen LogP contribution in [0.2, 0.25) is 0 Å². The van der Waals surface area contributed by atoms with Crippen LogP contribution < -0.4 is 11.1 Å². The average molecular weight is 162 g/mol. The predicted molar refractivity (Wildman–Crippen MR) is 54.1 cm³/mol. The summed E-state index contributed by atoms with van der Waals surface area (Å²) in [5.41, 5.74) is 7.66. The SMILES string of the molecule is CNc1ccccc1/C=C/CN. The van der Waals surface area contributed by atoms with Crippen molar-refractivity contribution in [1.82, 2.24) is 0 Å². The van der Waals surface area contributed by atoms with Crippen LogP contribution in [0, 0.1) is 0 Å². The van der Waals surface area contributed by atoms with Crippen molar-refractivity contribution in [3.05, 3.63) is 35.9 Å². The largest absolute Gasteiger partial charge is 0.388 e. The molecular formula is C10H14N2. The van der Waals surface area contributed by atoms with Gasteiger partial charge in [-0.05, 0) is 11.6 Å². The van der Waals surface area contributed by atoms with E-state index in [0.717, 1.165) is 5.69 Å². The molecule has 1 rings (SSSR count). The van der Waals surface area contributed by atoms with Crippen molar-refractivity contribution in [2.24, 2.45) is 5.73 Å². The summed E-state index contributed by atoms with van der Waals surface area (Å²) in [6, 6.07) is 8.11. The number of anilines is 1. The second-order valence-corrected chi connectivity index (χ2v) is 2.48. The number of hydrogen-bond donors (Lipinski definition) is 2. The Bertz CT molecular complexity index is 266. The molecule has 64 valence electrons. The lowest BCUT2D eigenvalue weighted by molar-refractivity contribution is 1.26. The van der Waals surface area contributed by atoms with Crippen molar-refractivity contribution in [2.75, 3.05) is 18.9 Å². The van der Waals surface area contributed by atoms with Gasteiger partial charge in [0, 0.05) is 19.3 Å². The molecule has 0 aromatic heterocycles. The molecule has 3 N–H and O–H groups in total. The molecule has 1 aromatic rings. The summed E-state index contributed by atoms with van der Waals surface area (Å²) >= 11 is 0. The Balaban J connectivity index is 2.89. The number of nitrogens with one attached hydrogen (secondary N) is 1. The highest BCUT2D eigenvalue weighted by Gasteiger charge is 1.92. The highest BCUT2D eigenvalue weighted by Crippen LogP contribution is 2.15. The van der Waals surface area contributed by atoms with E-state index in [1.54, 1.807) is 0 Å². The van der Waals surface area contributed by atoms with Crippen molar-refractivity contribution in [1.29, 1.82) is 0 Å². The summed E-state index contributed by atoms with van der Waals surface area (Å²) in [6.45, 7) is 0.581. The normalized spacial score (nSPS) is 10.5. The van der Waals surface area contributed by atoms with Crippen LogP contribution >= 0.6 is 0 Å². The monoisotopic (exact) mass is 162 g/mol. The van der Waals surface area contributed by atoms with Gasteiger partial charge in [-0.25, -0.2) is 0 Å². The molecule has 0 spiro atoms. The Morgan fingerprint density at radius 3 is 2.83 bits per heavy atom. The molecule has 0 fully saturated rings. The molecule has 0 saturated heterocycles. The first-order valence-corrected chi connectivity index (χ1v) is 4.02. The molecule has 0 aliphatic heterocycles. The van der Waals surface area contributed by atoms with Gasteiger partial charge in [-0.2, -0.15) is 0 Å². The summed E-state index contributed by atoms with van der Waals surface area (Å²) in [5.74, 6) is 0. The molecule has 0 aliphatic carbocycles. The summed E-state index contributed by atoms with van der Waals surface area (Å²) in [7, 11) is 1.91. The number of para-hydroxylation sites is 1. The number of nitrogens with two attached hydrogens (primary N) is 1. The van der Waals surface area contributed by atoms with E-state index >= 15 is 0 Å². The first-order chi connectivity index (χ1) is 5.88. The highest BCUT2D eigenvalue weighted by molar-refractivity contribution is 5.66. The smallest absolute Gasteiger partial charge is 0.0411 e. The fraction of sp³-hybridized carbons (Fsp3) is 0.200. The van der Waals surface area contributed by atoms with Gasteiger partial charge >= 0.3 is 0 Å². The molecule has 0 heterocycles. The molecule has 12 heavy (non-hydrogen) atoms. The van der Waals surface area contributed by atoms with E-state index in [1.807, 2.05) is 37.4 Å². The molecule has 0 unspecified atom stereocenters. The van der Waals surface area contributed by atoms with Crippen LogP contribution in [0.15, 0.2) is 30.3 Å². The summed E-state index contributed by atoms with van der Waals surface area (Å²) < 4.78 is 0. The minimum absolute atomic E-state index is 0.581. The third kappa shape index (κ3) is 2.10. The van der Waals surface area contributed by atoms with E-state index < -0.39 is 0 Å². The van der Waals surface area contributed by atoms with Gasteiger partial charge in [0.2, 0.25) is 0 Å². The van der Waals surface area contributed by atoms with Crippen LogP contribution in [0.5, 0.6) is 0 Å². The van der Waals surface area contributed by atoms with Crippen LogP contribution in [0.25, 0.3) is 6.08 Å². The second kappa shape index (κ2) is 4.57. The van der Waals surface area contributed by atoms with Gasteiger partial charge in [0.15, 0.2) is 0 Å². The third-order valence-corrected chi connectivity index (χ3v) is 1.66. The minimum atomic E-state index is 0.581. The fourth-order valence-electron chi connectivity index (χ4n) is 1.07. The molecule has 2 nitrogen and oxygen atoms in total. The van der Waals surface area contributed by atoms with Crippen molar-refractivity contribution in [2.45, 2.75) is 0 Å². The van der Waals surface area contributed by atoms with Gasteiger partial charge in [0.25, 0.3) is 0 Å². The Morgan fingerprint density at radius 2 is 2.17 bits per heavy atom. The summed E-state index contributed by atoms with van der Waals surface area (Å²) in [6.07, 6.45) is 3.96. The van der Waals surface area contributed by atoms with E-state index in [9.17, 15) is 0 Å². The van der Waals surface area contributed by atoms with Crippen molar-refractivity contribution in [3.63, 3.8) is 0 Å². The maximum atomic E-state index is 5.36. The van der Waals surface area contributed by atoms with E-state index in [2.05, 4.69) is 11.4 Å². The zero-order chi connectivity index (χ0) is 8.81. The highest BCUT2D eigenvalue weighted by atomic mass is 14.8. The maximum Gasteiger partial charge on any atom is 0.0411 e. The van der Waals surface area contributed by atoms with Crippen LogP contribution in [0.3, 0.4) is 0 Å². The fourth-order valence-corrected chi connectivity index (χ4v) is 1.07. The molecule has 0 bridgehead atoms. The molecule has 0 saturated carbocycles. The lowest BCUT2D eigenvalue weighted by Crippen LogP contribution is -1.93. The van der Waals surface area contributed by atoms with E-state index in [4.69, 9.17) is 5.73 Å². The number of benzene rings is 1. The van der Waals surface area contributed by atoms with Gasteiger partial charge in [0.1, 0.15) is 0 Å². The van der Waals surface area contributed by atoms with Crippen LogP contribution in [0.1, 0.15) is 5.56 Å². The quantitative estimate of drug-likeness (QED) is 0.710. The van der Waals surface area contributed by atoms with E-state index in [-0.39, 0.29) is 0 Å². The lowest BCUT2D eigenvalue weighted by Gasteiger charge is -2.03. The Kier molecular flexibility index (Phi) is 3.35. The van der Waals surface area contributed by atoms with Crippen molar-refractivity contribution >= 4 is 11.8 Å². The maximum absolute atomic E-state index is 5.36. The average Bonchev–Trinajstić information content (AvgIpc) is 2.15. The minimum Gasteiger partial charge on any atom is -0.388 e. The lowest BCUT2D eigenvalue weighted by atomic mass is 10.1. The second-order valence-electron chi connectivity index (χ2n) is 2.48. The van der Waals surface area contributed by atoms with Crippen LogP contribution in [-0.2, 0) is 0 Å². The molecule has 1 aromatic carbocycles. The van der Waals surface area contributed by atoms with E-state index in [1.165, 1.54) is 5.56 Å². The first kappa shape index (κ1) is 8.81. The zero-order valence-electron chi connectivity index (χ0n) is 7.25. The predicted octanol–water partition coefficient (Wildman–Crippen LogP) is 1.70. The van der Waals surface area contributed by atoms with Crippen molar-refractivity contribution < 1.29 is 0 Å². The number of hydrogen-bond acceptors (Lipinski definition) is 2. The molecule has 0 amide bonds. The zero-order valence-corrected chi connectivity index (χ0v) is 7.25. The van der Waals surface area contributed by atoms with Crippen molar-refractivity contribution in [3.8, 4) is 0 Å². The van der Waals surface area contributed by atoms with Crippen LogP contribution in [-0.4, -0.2) is 13.6 Å². The van der Waals surface area contributed by atoms with Gasteiger partial charge in [0.05, 0.1) is 0 Å². The Labute approximate surface area is 73.1 Å². The van der Waals surface area contributed by atoms with E-state index in [0.29, 0.717) is 6.54 Å². The number of rotatable bonds is 3. The molecular weight excluding hydrogens is 148 g/mol. The van der Waals surface area contributed by atoms with Gasteiger partial charge in [-0.15, -0.1) is 0 Å². The van der Waals surface area contributed by atoms with Gasteiger partial charge < -0.3 is 11.1 Å². The standard InChI is InChI=1S/C10H14N2/c1-12-10-7-3-2-5-9(10)6-4-8-11/h2-7,12H,8,11H2,1H3/b6-4+. The molecule has 0 radical (unpaired) electrons. The first-order valence-electron chi connectivity index (χ1n) is 4.02. The van der Waals surface area contributed by atoms with Gasteiger partial charge in [-0.1, -0.05) is 30.4 Å². The Hall–Kier alpha value is -1.28. The molecule has 0 aliphatic rings. The molecule has 2 heteroatoms. The van der Waals surface area contributed by atoms with Gasteiger partial charge in [-0.3, -0.25) is 0 Å². The Morgan fingerprint density at radius 1 is 1.42 bits per heavy atom. The molecule has 0 atom stereocenters. The summed E-state index contributed by atoms with van der Waals surface area (Å²) in [5, 5.41) is 3.11. The topological polar surface area (TPSA) is 38.0 Å². The summed E-state index contributed by atoms with van der Waals surface area (Å²) in [4.78, 5) is 0. The third-order valence-electron chi connectivity index (χ3n) is 1.66.